The van der Waals surface area contributed by atoms with E-state index in [4.69, 9.17) is 9.47 Å². The summed E-state index contributed by atoms with van der Waals surface area (Å²) in [6.45, 7) is 1.99. The van der Waals surface area contributed by atoms with Crippen LogP contribution in [0.15, 0.2) is 53.7 Å². The lowest BCUT2D eigenvalue weighted by molar-refractivity contribution is 0.372. The van der Waals surface area contributed by atoms with Crippen molar-refractivity contribution in [2.24, 2.45) is 0 Å². The van der Waals surface area contributed by atoms with Crippen molar-refractivity contribution >= 4 is 11.8 Å². The highest BCUT2D eigenvalue weighted by molar-refractivity contribution is 7.98. The Balaban J connectivity index is 1.79. The Hall–Kier alpha value is -2.67. The maximum absolute atomic E-state index is 13.4. The first-order chi connectivity index (χ1) is 13.1. The fourth-order valence-corrected chi connectivity index (χ4v) is 3.15. The minimum Gasteiger partial charge on any atom is -0.493 e. The van der Waals surface area contributed by atoms with Crippen LogP contribution >= 0.6 is 11.8 Å². The van der Waals surface area contributed by atoms with Gasteiger partial charge in [0.1, 0.15) is 0 Å². The molecule has 140 valence electrons. The second-order valence-corrected chi connectivity index (χ2v) is 6.57. The van der Waals surface area contributed by atoms with Gasteiger partial charge in [0.25, 0.3) is 0 Å². The van der Waals surface area contributed by atoms with Crippen LogP contribution in [0.4, 0.5) is 8.78 Å². The predicted octanol–water partition coefficient (Wildman–Crippen LogP) is 5.41. The molecule has 0 atom stereocenters. The highest BCUT2D eigenvalue weighted by Gasteiger charge is 2.10. The Morgan fingerprint density at radius 1 is 0.963 bits per heavy atom. The van der Waals surface area contributed by atoms with Crippen LogP contribution in [0.3, 0.4) is 0 Å². The second-order valence-electron chi connectivity index (χ2n) is 5.62. The molecule has 0 fully saturated rings. The van der Waals surface area contributed by atoms with Gasteiger partial charge in [-0.3, -0.25) is 0 Å². The summed E-state index contributed by atoms with van der Waals surface area (Å²) in [6.07, 6.45) is 0.712. The number of aryl methyl sites for hydroxylation is 1. The second kappa shape index (κ2) is 8.81. The molecule has 1 aromatic heterocycles. The number of hydrogen-bond donors (Lipinski definition) is 0. The Kier molecular flexibility index (Phi) is 6.24. The van der Waals surface area contributed by atoms with E-state index in [2.05, 4.69) is 9.97 Å². The topological polar surface area (TPSA) is 44.2 Å². The van der Waals surface area contributed by atoms with E-state index in [-0.39, 0.29) is 0 Å². The van der Waals surface area contributed by atoms with Gasteiger partial charge in [-0.1, -0.05) is 36.9 Å². The van der Waals surface area contributed by atoms with Crippen molar-refractivity contribution in [3.63, 3.8) is 0 Å². The first kappa shape index (κ1) is 19.1. The molecule has 7 heteroatoms. The smallest absolute Gasteiger partial charge is 0.223 e. The number of thioether (sulfide) groups is 1. The Bertz CT molecular complexity index is 938. The summed E-state index contributed by atoms with van der Waals surface area (Å²) in [4.78, 5) is 8.88. The Morgan fingerprint density at radius 2 is 1.74 bits per heavy atom. The van der Waals surface area contributed by atoms with Gasteiger partial charge in [-0.25, -0.2) is 13.8 Å². The number of aromatic nitrogens is 2. The van der Waals surface area contributed by atoms with Gasteiger partial charge in [-0.15, -0.1) is 0 Å². The average molecular weight is 388 g/mol. The molecule has 3 aromatic rings. The normalized spacial score (nSPS) is 10.7. The monoisotopic (exact) mass is 388 g/mol. The zero-order valence-electron chi connectivity index (χ0n) is 14.9. The minimum absolute atomic E-state index is 0.402. The molecule has 2 aromatic carbocycles. The van der Waals surface area contributed by atoms with Crippen LogP contribution < -0.4 is 9.47 Å². The molecule has 0 N–H and O–H groups in total. The van der Waals surface area contributed by atoms with Crippen molar-refractivity contribution in [1.82, 2.24) is 9.97 Å². The van der Waals surface area contributed by atoms with E-state index in [0.717, 1.165) is 11.8 Å². The molecule has 27 heavy (non-hydrogen) atoms. The van der Waals surface area contributed by atoms with Crippen molar-refractivity contribution in [3.05, 3.63) is 71.4 Å². The fourth-order valence-electron chi connectivity index (χ4n) is 2.34. The molecule has 0 aliphatic rings. The molecule has 0 bridgehead atoms. The number of para-hydroxylation sites is 2. The average Bonchev–Trinajstić information content (AvgIpc) is 2.69. The maximum Gasteiger partial charge on any atom is 0.223 e. The minimum atomic E-state index is -0.864. The van der Waals surface area contributed by atoms with Crippen LogP contribution in [0, 0.1) is 11.6 Å². The Morgan fingerprint density at radius 3 is 2.44 bits per heavy atom. The summed E-state index contributed by atoms with van der Waals surface area (Å²) in [5, 5.41) is 0.504. The molecule has 0 aliphatic heterocycles. The quantitative estimate of drug-likeness (QED) is 0.400. The first-order valence-electron chi connectivity index (χ1n) is 8.34. The van der Waals surface area contributed by atoms with Crippen molar-refractivity contribution in [3.8, 4) is 17.4 Å². The number of rotatable bonds is 7. The summed E-state index contributed by atoms with van der Waals surface area (Å²) in [5.74, 6) is 0.247. The molecule has 0 saturated heterocycles. The van der Waals surface area contributed by atoms with Gasteiger partial charge in [-0.2, -0.15) is 4.98 Å². The lowest BCUT2D eigenvalue weighted by Crippen LogP contribution is -1.98. The maximum atomic E-state index is 13.4. The summed E-state index contributed by atoms with van der Waals surface area (Å²) in [5.41, 5.74) is 1.47. The number of ether oxygens (including phenoxy) is 2. The summed E-state index contributed by atoms with van der Waals surface area (Å²) in [6, 6.07) is 12.9. The van der Waals surface area contributed by atoms with Crippen molar-refractivity contribution in [1.29, 1.82) is 0 Å². The van der Waals surface area contributed by atoms with Crippen molar-refractivity contribution in [2.45, 2.75) is 24.3 Å². The van der Waals surface area contributed by atoms with Gasteiger partial charge in [0.15, 0.2) is 28.3 Å². The summed E-state index contributed by atoms with van der Waals surface area (Å²) < 4.78 is 37.6. The molecule has 3 rings (SSSR count). The van der Waals surface area contributed by atoms with Gasteiger partial charge in [-0.05, 0) is 36.2 Å². The van der Waals surface area contributed by atoms with E-state index < -0.39 is 11.6 Å². The van der Waals surface area contributed by atoms with E-state index in [1.807, 2.05) is 19.1 Å². The molecule has 0 unspecified atom stereocenters. The molecule has 1 heterocycles. The molecule has 0 saturated carbocycles. The molecular formula is C20H18F2N2O2S. The SMILES string of the molecule is CCc1cc(Oc2ccccc2OC)nc(SCc2ccc(F)c(F)c2)n1. The molecule has 0 aliphatic carbocycles. The van der Waals surface area contributed by atoms with E-state index in [9.17, 15) is 8.78 Å². The van der Waals surface area contributed by atoms with Gasteiger partial charge in [0.05, 0.1) is 7.11 Å². The molecule has 4 nitrogen and oxygen atoms in total. The highest BCUT2D eigenvalue weighted by atomic mass is 32.2. The third kappa shape index (κ3) is 4.95. The highest BCUT2D eigenvalue weighted by Crippen LogP contribution is 2.31. The molecule has 0 amide bonds. The van der Waals surface area contributed by atoms with E-state index >= 15 is 0 Å². The van der Waals surface area contributed by atoms with E-state index in [1.54, 1.807) is 31.4 Å². The first-order valence-corrected chi connectivity index (χ1v) is 9.33. The van der Waals surface area contributed by atoms with Gasteiger partial charge < -0.3 is 9.47 Å². The summed E-state index contributed by atoms with van der Waals surface area (Å²) >= 11 is 1.33. The number of hydrogen-bond acceptors (Lipinski definition) is 5. The van der Waals surface area contributed by atoms with Gasteiger partial charge >= 0.3 is 0 Å². The standard InChI is InChI=1S/C20H18F2N2O2S/c1-3-14-11-19(26-18-7-5-4-6-17(18)25-2)24-20(23-14)27-12-13-8-9-15(21)16(22)10-13/h4-11H,3,12H2,1-2H3. The molecule has 0 spiro atoms. The number of benzene rings is 2. The zero-order valence-corrected chi connectivity index (χ0v) is 15.7. The predicted molar refractivity (Wildman–Crippen MR) is 100 cm³/mol. The lowest BCUT2D eigenvalue weighted by Gasteiger charge is -2.11. The van der Waals surface area contributed by atoms with E-state index in [0.29, 0.717) is 40.3 Å². The number of halogens is 2. The van der Waals surface area contributed by atoms with Crippen LogP contribution in [0.1, 0.15) is 18.2 Å². The largest absolute Gasteiger partial charge is 0.493 e. The molecule has 0 radical (unpaired) electrons. The van der Waals surface area contributed by atoms with Gasteiger partial charge in [0.2, 0.25) is 5.88 Å². The van der Waals surface area contributed by atoms with Crippen molar-refractivity contribution in [2.75, 3.05) is 7.11 Å². The van der Waals surface area contributed by atoms with Crippen LogP contribution in [0.5, 0.6) is 17.4 Å². The zero-order chi connectivity index (χ0) is 19.2. The lowest BCUT2D eigenvalue weighted by atomic mass is 10.2. The Labute approximate surface area is 160 Å². The fraction of sp³-hybridized carbons (Fsp3) is 0.200. The van der Waals surface area contributed by atoms with Crippen LogP contribution in [-0.2, 0) is 12.2 Å². The summed E-state index contributed by atoms with van der Waals surface area (Å²) in [7, 11) is 1.57. The van der Waals surface area contributed by atoms with Gasteiger partial charge in [0, 0.05) is 17.5 Å². The third-order valence-corrected chi connectivity index (χ3v) is 4.65. The third-order valence-electron chi connectivity index (χ3n) is 3.73. The van der Waals surface area contributed by atoms with Crippen LogP contribution in [0.25, 0.3) is 0 Å². The van der Waals surface area contributed by atoms with Crippen LogP contribution in [0.2, 0.25) is 0 Å². The van der Waals surface area contributed by atoms with Crippen LogP contribution in [-0.4, -0.2) is 17.1 Å². The van der Waals surface area contributed by atoms with E-state index in [1.165, 1.54) is 17.8 Å². The number of methoxy groups -OCH3 is 1. The number of nitrogens with zero attached hydrogens (tertiary/aromatic N) is 2. The van der Waals surface area contributed by atoms with Crippen molar-refractivity contribution < 1.29 is 18.3 Å². The molecular weight excluding hydrogens is 370 g/mol.